The lowest BCUT2D eigenvalue weighted by molar-refractivity contribution is -0.388. The highest BCUT2D eigenvalue weighted by atomic mass is 16.7. The van der Waals surface area contributed by atoms with E-state index in [1.165, 1.54) is 7.11 Å². The monoisotopic (exact) mass is 268 g/mol. The number of fused-ring (bicyclic) bond motifs is 1. The molecule has 5 atom stereocenters. The van der Waals surface area contributed by atoms with Crippen molar-refractivity contribution in [1.29, 1.82) is 0 Å². The van der Waals surface area contributed by atoms with Gasteiger partial charge in [0.05, 0.1) is 13.2 Å². The second kappa shape index (κ2) is 4.28. The van der Waals surface area contributed by atoms with Gasteiger partial charge in [-0.25, -0.2) is 0 Å². The van der Waals surface area contributed by atoms with Crippen LogP contribution in [0.4, 0.5) is 0 Å². The molecule has 1 saturated carbocycles. The third-order valence-electron chi connectivity index (χ3n) is 5.41. The number of rotatable bonds is 3. The van der Waals surface area contributed by atoms with Crippen LogP contribution in [0.2, 0.25) is 0 Å². The molecule has 4 aliphatic rings. The van der Waals surface area contributed by atoms with Gasteiger partial charge in [-0.2, -0.15) is 0 Å². The van der Waals surface area contributed by atoms with Crippen LogP contribution in [0, 0.1) is 11.3 Å². The van der Waals surface area contributed by atoms with Crippen molar-refractivity contribution in [2.75, 3.05) is 7.11 Å². The summed E-state index contributed by atoms with van der Waals surface area (Å²) < 4.78 is 16.6. The van der Waals surface area contributed by atoms with Crippen LogP contribution in [-0.4, -0.2) is 37.4 Å². The number of ether oxygens (including phenoxy) is 3. The molecule has 3 saturated heterocycles. The Morgan fingerprint density at radius 3 is 3.00 bits per heavy atom. The van der Waals surface area contributed by atoms with E-state index in [0.29, 0.717) is 12.8 Å². The van der Waals surface area contributed by atoms with Gasteiger partial charge < -0.3 is 19.0 Å². The quantitative estimate of drug-likeness (QED) is 0.572. The van der Waals surface area contributed by atoms with Crippen LogP contribution < -0.4 is 0 Å². The van der Waals surface area contributed by atoms with Gasteiger partial charge in [0, 0.05) is 18.3 Å². The molecule has 1 aliphatic carbocycles. The van der Waals surface area contributed by atoms with Crippen molar-refractivity contribution in [2.45, 2.75) is 57.0 Å². The van der Waals surface area contributed by atoms with Crippen molar-refractivity contribution in [2.24, 2.45) is 11.3 Å². The summed E-state index contributed by atoms with van der Waals surface area (Å²) in [5, 5.41) is 0. The summed E-state index contributed by atoms with van der Waals surface area (Å²) in [6.45, 7) is 2.04. The van der Waals surface area contributed by atoms with Crippen molar-refractivity contribution < 1.29 is 23.8 Å². The number of aldehydes is 1. The average molecular weight is 268 g/mol. The van der Waals surface area contributed by atoms with Crippen molar-refractivity contribution in [1.82, 2.24) is 0 Å². The molecule has 4 bridgehead atoms. The molecule has 0 aromatic rings. The van der Waals surface area contributed by atoms with E-state index in [1.807, 2.05) is 6.92 Å². The van der Waals surface area contributed by atoms with Crippen molar-refractivity contribution >= 4 is 12.3 Å². The van der Waals surface area contributed by atoms with Gasteiger partial charge in [-0.05, 0) is 25.2 Å². The Bertz CT molecular complexity index is 409. The lowest BCUT2D eigenvalue weighted by atomic mass is 9.53. The molecule has 19 heavy (non-hydrogen) atoms. The van der Waals surface area contributed by atoms with Gasteiger partial charge in [0.25, 0.3) is 0 Å². The maximum Gasteiger partial charge on any atom is 0.305 e. The lowest BCUT2D eigenvalue weighted by Gasteiger charge is -2.65. The minimum Gasteiger partial charge on any atom is -0.469 e. The third kappa shape index (κ3) is 1.61. The summed E-state index contributed by atoms with van der Waals surface area (Å²) in [7, 11) is 1.40. The van der Waals surface area contributed by atoms with Crippen LogP contribution in [0.15, 0.2) is 0 Å². The number of hydrogen-bond donors (Lipinski definition) is 0. The number of hydrogen-bond acceptors (Lipinski definition) is 5. The van der Waals surface area contributed by atoms with E-state index in [2.05, 4.69) is 0 Å². The summed E-state index contributed by atoms with van der Waals surface area (Å²) in [5.41, 5.74) is -1.20. The highest BCUT2D eigenvalue weighted by molar-refractivity contribution is 5.71. The van der Waals surface area contributed by atoms with Crippen LogP contribution in [0.5, 0.6) is 0 Å². The highest BCUT2D eigenvalue weighted by Crippen LogP contribution is 2.61. The molecule has 3 aliphatic heterocycles. The first kappa shape index (κ1) is 13.1. The van der Waals surface area contributed by atoms with Gasteiger partial charge in [0.15, 0.2) is 12.6 Å². The normalized spacial score (nSPS) is 47.8. The number of methoxy groups -OCH3 is 1. The fraction of sp³-hybridized carbons (Fsp3) is 0.857. The molecule has 5 nitrogen and oxygen atoms in total. The van der Waals surface area contributed by atoms with Gasteiger partial charge in [-0.3, -0.25) is 4.79 Å². The molecule has 0 aromatic carbocycles. The van der Waals surface area contributed by atoms with E-state index in [9.17, 15) is 9.59 Å². The summed E-state index contributed by atoms with van der Waals surface area (Å²) >= 11 is 0. The minimum atomic E-state index is -0.782. The predicted octanol–water partition coefficient (Wildman–Crippen LogP) is 1.44. The number of esters is 1. The fourth-order valence-corrected chi connectivity index (χ4v) is 4.22. The molecule has 0 N–H and O–H groups in total. The molecular formula is C14H20O5. The Morgan fingerprint density at radius 1 is 1.53 bits per heavy atom. The van der Waals surface area contributed by atoms with Gasteiger partial charge in [-0.15, -0.1) is 0 Å². The maximum atomic E-state index is 11.7. The first-order valence-electron chi connectivity index (χ1n) is 6.92. The largest absolute Gasteiger partial charge is 0.469 e. The van der Waals surface area contributed by atoms with E-state index in [0.717, 1.165) is 25.5 Å². The summed E-state index contributed by atoms with van der Waals surface area (Å²) in [5.74, 6) is -0.138. The SMILES string of the molecule is COC(=O)C[C@H]1C[C@H]2O[C@H]3CCC[C@@](C=O)(O2)[C@@]13C. The van der Waals surface area contributed by atoms with E-state index < -0.39 is 11.0 Å². The lowest BCUT2D eigenvalue weighted by Crippen LogP contribution is -2.72. The van der Waals surface area contributed by atoms with Crippen molar-refractivity contribution in [3.63, 3.8) is 0 Å². The molecule has 3 heterocycles. The highest BCUT2D eigenvalue weighted by Gasteiger charge is 2.67. The molecule has 0 radical (unpaired) electrons. The van der Waals surface area contributed by atoms with Crippen LogP contribution in [0.3, 0.4) is 0 Å². The van der Waals surface area contributed by atoms with Crippen LogP contribution >= 0.6 is 0 Å². The number of carbonyl (C=O) groups excluding carboxylic acids is 2. The standard InChI is InChI=1S/C14H20O5/c1-13-9(6-11(16)17-2)7-12-18-10(13)4-3-5-14(13,8-15)19-12/h8-10,12H,3-7H2,1-2H3/t9-,10-,12-,13-,14-/m0/s1. The average Bonchev–Trinajstić information content (AvgIpc) is 2.38. The Morgan fingerprint density at radius 2 is 2.32 bits per heavy atom. The molecule has 0 unspecified atom stereocenters. The Kier molecular flexibility index (Phi) is 2.94. The first-order chi connectivity index (χ1) is 9.05. The van der Waals surface area contributed by atoms with Crippen molar-refractivity contribution in [3.05, 3.63) is 0 Å². The van der Waals surface area contributed by atoms with E-state index >= 15 is 0 Å². The zero-order valence-corrected chi connectivity index (χ0v) is 11.4. The third-order valence-corrected chi connectivity index (χ3v) is 5.41. The first-order valence-corrected chi connectivity index (χ1v) is 6.92. The Balaban J connectivity index is 1.96. The van der Waals surface area contributed by atoms with E-state index in [4.69, 9.17) is 14.2 Å². The minimum absolute atomic E-state index is 0.00797. The van der Waals surface area contributed by atoms with Crippen LogP contribution in [0.25, 0.3) is 0 Å². The van der Waals surface area contributed by atoms with Gasteiger partial charge >= 0.3 is 5.97 Å². The zero-order chi connectivity index (χ0) is 13.7. The fourth-order valence-electron chi connectivity index (χ4n) is 4.22. The Labute approximate surface area is 112 Å². The van der Waals surface area contributed by atoms with E-state index in [-0.39, 0.29) is 24.3 Å². The number of carbonyl (C=O) groups is 2. The molecule has 4 fully saturated rings. The van der Waals surface area contributed by atoms with Gasteiger partial charge in [-0.1, -0.05) is 6.92 Å². The maximum absolute atomic E-state index is 11.7. The summed E-state index contributed by atoms with van der Waals surface area (Å²) in [6, 6.07) is 0. The van der Waals surface area contributed by atoms with Crippen LogP contribution in [-0.2, 0) is 23.8 Å². The molecule has 4 rings (SSSR count). The van der Waals surface area contributed by atoms with Gasteiger partial charge in [0.2, 0.25) is 0 Å². The molecule has 106 valence electrons. The van der Waals surface area contributed by atoms with Crippen LogP contribution in [0.1, 0.15) is 39.0 Å². The summed E-state index contributed by atoms with van der Waals surface area (Å²) in [4.78, 5) is 23.3. The predicted molar refractivity (Wildman–Crippen MR) is 65.2 cm³/mol. The summed E-state index contributed by atoms with van der Waals surface area (Å²) in [6.07, 6.45) is 4.18. The molecule has 0 aromatic heterocycles. The zero-order valence-electron chi connectivity index (χ0n) is 11.4. The van der Waals surface area contributed by atoms with Crippen molar-refractivity contribution in [3.8, 4) is 0 Å². The second-order valence-corrected chi connectivity index (χ2v) is 6.07. The second-order valence-electron chi connectivity index (χ2n) is 6.07. The molecule has 5 heteroatoms. The molecule has 0 amide bonds. The topological polar surface area (TPSA) is 61.8 Å². The Hall–Kier alpha value is -0.940. The molecule has 0 spiro atoms. The van der Waals surface area contributed by atoms with E-state index in [1.54, 1.807) is 0 Å². The van der Waals surface area contributed by atoms with Gasteiger partial charge in [0.1, 0.15) is 5.60 Å². The molecular weight excluding hydrogens is 248 g/mol. The smallest absolute Gasteiger partial charge is 0.305 e.